The molecule has 1 amide bonds. The molecule has 12 heteroatoms. The Kier molecular flexibility index (Phi) is 5.78. The summed E-state index contributed by atoms with van der Waals surface area (Å²) in [5, 5.41) is 9.05. The predicted octanol–water partition coefficient (Wildman–Crippen LogP) is 3.71. The van der Waals surface area contributed by atoms with E-state index < -0.39 is 12.2 Å². The lowest BCUT2D eigenvalue weighted by Gasteiger charge is -2.39. The van der Waals surface area contributed by atoms with Crippen molar-refractivity contribution in [2.24, 2.45) is 5.41 Å². The molecule has 1 spiro atoms. The van der Waals surface area contributed by atoms with Gasteiger partial charge in [-0.05, 0) is 33.6 Å². The van der Waals surface area contributed by atoms with E-state index >= 15 is 0 Å². The number of carbonyl (C=O) groups excluding carboxylic acids is 1. The lowest BCUT2D eigenvalue weighted by molar-refractivity contribution is -0.0528. The Morgan fingerprint density at radius 2 is 2.09 bits per heavy atom. The number of piperidine rings is 1. The molecule has 0 bridgehead atoms. The number of aromatic nitrogens is 4. The van der Waals surface area contributed by atoms with E-state index in [2.05, 4.69) is 30.2 Å². The zero-order chi connectivity index (χ0) is 22.9. The van der Waals surface area contributed by atoms with Gasteiger partial charge in [-0.15, -0.1) is 5.10 Å². The van der Waals surface area contributed by atoms with Crippen LogP contribution >= 0.6 is 0 Å². The molecule has 1 saturated carbocycles. The highest BCUT2D eigenvalue weighted by Gasteiger charge is 2.55. The van der Waals surface area contributed by atoms with E-state index in [0.29, 0.717) is 37.0 Å². The molecule has 3 heterocycles. The minimum Gasteiger partial charge on any atom is -0.472 e. The van der Waals surface area contributed by atoms with Gasteiger partial charge in [-0.25, -0.2) is 4.79 Å². The summed E-state index contributed by atoms with van der Waals surface area (Å²) >= 11 is 0. The quantitative estimate of drug-likeness (QED) is 0.682. The Balaban J connectivity index is 1.37. The number of hydrogen-bond donors (Lipinski definition) is 2. The second-order valence-corrected chi connectivity index (χ2v) is 9.03. The standard InChI is InChI=1S/C20H26F2N6O4/c1-19(2,3)32-18(29)28-7-4-12(20(11-28)5-6-20)30-16-10-23-9-14(25-16)24-13-8-15(27-26-13)31-17(21)22/h8-10,12,17H,4-7,11H2,1-3H3,(H2,24,25,26,27)/t12-/m1/s1. The van der Waals surface area contributed by atoms with Crippen molar-refractivity contribution in [1.82, 2.24) is 25.1 Å². The summed E-state index contributed by atoms with van der Waals surface area (Å²) < 4.78 is 40.4. The molecule has 32 heavy (non-hydrogen) atoms. The molecule has 0 unspecified atom stereocenters. The largest absolute Gasteiger partial charge is 0.472 e. The topological polar surface area (TPSA) is 114 Å². The molecule has 174 valence electrons. The van der Waals surface area contributed by atoms with Crippen LogP contribution in [0.25, 0.3) is 0 Å². The van der Waals surface area contributed by atoms with Gasteiger partial charge in [0.05, 0.1) is 12.4 Å². The molecule has 2 aromatic heterocycles. The Morgan fingerprint density at radius 3 is 2.78 bits per heavy atom. The van der Waals surface area contributed by atoms with Gasteiger partial charge in [0.2, 0.25) is 11.8 Å². The van der Waals surface area contributed by atoms with Crippen molar-refractivity contribution in [3.63, 3.8) is 0 Å². The Labute approximate surface area is 183 Å². The monoisotopic (exact) mass is 452 g/mol. The van der Waals surface area contributed by atoms with E-state index in [1.54, 1.807) is 4.90 Å². The highest BCUT2D eigenvalue weighted by molar-refractivity contribution is 5.68. The number of hydrogen-bond acceptors (Lipinski definition) is 8. The number of H-pyrrole nitrogens is 1. The van der Waals surface area contributed by atoms with E-state index in [-0.39, 0.29) is 23.5 Å². The highest BCUT2D eigenvalue weighted by atomic mass is 19.3. The van der Waals surface area contributed by atoms with Gasteiger partial charge >= 0.3 is 12.7 Å². The molecule has 0 radical (unpaired) electrons. The van der Waals surface area contributed by atoms with Crippen LogP contribution in [0, 0.1) is 5.41 Å². The van der Waals surface area contributed by atoms with Crippen molar-refractivity contribution in [2.75, 3.05) is 18.4 Å². The lowest BCUT2D eigenvalue weighted by atomic mass is 9.91. The summed E-state index contributed by atoms with van der Waals surface area (Å²) in [5.74, 6) is 0.762. The van der Waals surface area contributed by atoms with Crippen LogP contribution in [-0.4, -0.2) is 62.6 Å². The van der Waals surface area contributed by atoms with E-state index in [1.165, 1.54) is 18.5 Å². The van der Waals surface area contributed by atoms with Gasteiger partial charge in [-0.3, -0.25) is 10.1 Å². The van der Waals surface area contributed by atoms with Crippen molar-refractivity contribution in [1.29, 1.82) is 0 Å². The number of aromatic amines is 1. The number of nitrogens with one attached hydrogen (secondary N) is 2. The summed E-state index contributed by atoms with van der Waals surface area (Å²) in [5.41, 5.74) is -0.643. The molecule has 4 rings (SSSR count). The van der Waals surface area contributed by atoms with Crippen molar-refractivity contribution < 1.29 is 27.8 Å². The summed E-state index contributed by atoms with van der Waals surface area (Å²) in [6.07, 6.45) is 5.17. The summed E-state index contributed by atoms with van der Waals surface area (Å²) in [6, 6.07) is 1.28. The second-order valence-electron chi connectivity index (χ2n) is 9.03. The van der Waals surface area contributed by atoms with Crippen LogP contribution in [0.5, 0.6) is 11.8 Å². The molecule has 2 fully saturated rings. The third-order valence-corrected chi connectivity index (χ3v) is 5.30. The van der Waals surface area contributed by atoms with Crippen LogP contribution < -0.4 is 14.8 Å². The number of amides is 1. The second kappa shape index (κ2) is 8.40. The van der Waals surface area contributed by atoms with Crippen LogP contribution in [0.15, 0.2) is 18.5 Å². The van der Waals surface area contributed by atoms with Crippen LogP contribution in [0.1, 0.15) is 40.0 Å². The fourth-order valence-electron chi connectivity index (χ4n) is 3.72. The van der Waals surface area contributed by atoms with Crippen LogP contribution in [0.2, 0.25) is 0 Å². The van der Waals surface area contributed by atoms with Crippen LogP contribution in [-0.2, 0) is 4.74 Å². The molecule has 10 nitrogen and oxygen atoms in total. The Morgan fingerprint density at radius 1 is 1.31 bits per heavy atom. The number of alkyl halides is 2. The van der Waals surface area contributed by atoms with Gasteiger partial charge in [-0.2, -0.15) is 13.8 Å². The number of likely N-dealkylation sites (tertiary alicyclic amines) is 1. The van der Waals surface area contributed by atoms with Crippen LogP contribution in [0.3, 0.4) is 0 Å². The number of ether oxygens (including phenoxy) is 3. The number of carbonyl (C=O) groups is 1. The SMILES string of the molecule is CC(C)(C)OC(=O)N1CC[C@@H](Oc2cncc(Nc3cc(OC(F)F)n[nH]3)n2)C2(CC2)C1. The van der Waals surface area contributed by atoms with E-state index in [0.717, 1.165) is 12.8 Å². The maximum atomic E-state index is 12.4. The van der Waals surface area contributed by atoms with Gasteiger partial charge < -0.3 is 24.4 Å². The molecule has 2 N–H and O–H groups in total. The molecule has 1 aliphatic heterocycles. The lowest BCUT2D eigenvalue weighted by Crippen LogP contribution is -2.50. The predicted molar refractivity (Wildman–Crippen MR) is 109 cm³/mol. The summed E-state index contributed by atoms with van der Waals surface area (Å²) in [7, 11) is 0. The third kappa shape index (κ3) is 5.35. The molecule has 1 atom stereocenters. The van der Waals surface area contributed by atoms with Gasteiger partial charge in [0, 0.05) is 31.0 Å². The number of anilines is 2. The molecule has 1 aliphatic carbocycles. The van der Waals surface area contributed by atoms with Gasteiger partial charge in [-0.1, -0.05) is 0 Å². The molecule has 0 aromatic carbocycles. The molecule has 2 aliphatic rings. The molecule has 2 aromatic rings. The highest BCUT2D eigenvalue weighted by Crippen LogP contribution is 2.53. The minimum atomic E-state index is -2.96. The minimum absolute atomic E-state index is 0.0936. The Hall–Kier alpha value is -3.18. The first-order valence-electron chi connectivity index (χ1n) is 10.4. The van der Waals surface area contributed by atoms with Crippen LogP contribution in [0.4, 0.5) is 25.2 Å². The molecule has 1 saturated heterocycles. The van der Waals surface area contributed by atoms with E-state index in [9.17, 15) is 13.6 Å². The van der Waals surface area contributed by atoms with Crippen molar-refractivity contribution in [3.8, 4) is 11.8 Å². The maximum absolute atomic E-state index is 12.4. The fourth-order valence-corrected chi connectivity index (χ4v) is 3.72. The summed E-state index contributed by atoms with van der Waals surface area (Å²) in [6.45, 7) is 3.71. The van der Waals surface area contributed by atoms with Gasteiger partial charge in [0.15, 0.2) is 5.82 Å². The van der Waals surface area contributed by atoms with Crippen molar-refractivity contribution >= 4 is 17.7 Å². The molecular weight excluding hydrogens is 426 g/mol. The Bertz CT molecular complexity index is 960. The number of nitrogens with zero attached hydrogens (tertiary/aromatic N) is 4. The third-order valence-electron chi connectivity index (χ3n) is 5.30. The van der Waals surface area contributed by atoms with Gasteiger partial charge in [0.25, 0.3) is 0 Å². The molecular formula is C20H26F2N6O4. The van der Waals surface area contributed by atoms with Crippen molar-refractivity contribution in [3.05, 3.63) is 18.5 Å². The normalized spacial score (nSPS) is 19.7. The first-order chi connectivity index (χ1) is 15.1. The number of halogens is 2. The average molecular weight is 452 g/mol. The zero-order valence-electron chi connectivity index (χ0n) is 18.1. The maximum Gasteiger partial charge on any atom is 0.410 e. The first-order valence-corrected chi connectivity index (χ1v) is 10.4. The summed E-state index contributed by atoms with van der Waals surface area (Å²) in [4.78, 5) is 22.7. The zero-order valence-corrected chi connectivity index (χ0v) is 18.1. The smallest absolute Gasteiger partial charge is 0.410 e. The number of rotatable bonds is 6. The van der Waals surface area contributed by atoms with E-state index in [4.69, 9.17) is 9.47 Å². The van der Waals surface area contributed by atoms with E-state index in [1.807, 2.05) is 20.8 Å². The van der Waals surface area contributed by atoms with Gasteiger partial charge in [0.1, 0.15) is 17.5 Å². The first kappa shape index (κ1) is 22.0. The van der Waals surface area contributed by atoms with Crippen molar-refractivity contribution in [2.45, 2.75) is 58.4 Å². The fraction of sp³-hybridized carbons (Fsp3) is 0.600. The average Bonchev–Trinajstić information content (AvgIpc) is 3.33.